The Kier molecular flexibility index (Phi) is 6.38. The standard InChI is InChI=1S/C12H27NO/c1-7-12(3,4)11(13-5)10(2)8-9-14-6/h10-11,13H,7-9H2,1-6H3. The Hall–Kier alpha value is -0.0800. The zero-order valence-electron chi connectivity index (χ0n) is 10.7. The number of hydrogen-bond donors (Lipinski definition) is 1. The van der Waals surface area contributed by atoms with Gasteiger partial charge in [0.2, 0.25) is 0 Å². The third-order valence-corrected chi connectivity index (χ3v) is 3.41. The zero-order chi connectivity index (χ0) is 11.2. The molecule has 0 aromatic heterocycles. The third kappa shape index (κ3) is 3.97. The monoisotopic (exact) mass is 201 g/mol. The molecule has 1 N–H and O–H groups in total. The lowest BCUT2D eigenvalue weighted by Crippen LogP contribution is -2.44. The van der Waals surface area contributed by atoms with Crippen LogP contribution in [0.2, 0.25) is 0 Å². The van der Waals surface area contributed by atoms with Crippen molar-refractivity contribution in [2.24, 2.45) is 11.3 Å². The molecule has 2 nitrogen and oxygen atoms in total. The largest absolute Gasteiger partial charge is 0.385 e. The quantitative estimate of drug-likeness (QED) is 0.684. The molecule has 0 spiro atoms. The van der Waals surface area contributed by atoms with Crippen LogP contribution in [0.3, 0.4) is 0 Å². The molecule has 0 aliphatic rings. The van der Waals surface area contributed by atoms with Crippen molar-refractivity contribution >= 4 is 0 Å². The van der Waals surface area contributed by atoms with Gasteiger partial charge in [0, 0.05) is 19.8 Å². The smallest absolute Gasteiger partial charge is 0.0465 e. The van der Waals surface area contributed by atoms with Gasteiger partial charge in [-0.05, 0) is 31.2 Å². The van der Waals surface area contributed by atoms with Crippen molar-refractivity contribution in [2.45, 2.75) is 46.6 Å². The maximum atomic E-state index is 5.13. The van der Waals surface area contributed by atoms with Gasteiger partial charge < -0.3 is 10.1 Å². The number of hydrogen-bond acceptors (Lipinski definition) is 2. The lowest BCUT2D eigenvalue weighted by molar-refractivity contribution is 0.133. The number of ether oxygens (including phenoxy) is 1. The van der Waals surface area contributed by atoms with Crippen molar-refractivity contribution < 1.29 is 4.74 Å². The highest BCUT2D eigenvalue weighted by Gasteiger charge is 2.30. The molecular formula is C12H27NO. The fourth-order valence-corrected chi connectivity index (χ4v) is 2.14. The van der Waals surface area contributed by atoms with E-state index in [0.717, 1.165) is 13.0 Å². The Morgan fingerprint density at radius 1 is 1.36 bits per heavy atom. The van der Waals surface area contributed by atoms with Crippen LogP contribution in [0.4, 0.5) is 0 Å². The Morgan fingerprint density at radius 3 is 2.29 bits per heavy atom. The SMILES string of the molecule is CCC(C)(C)C(NC)C(C)CCOC. The molecule has 0 rings (SSSR count). The second-order valence-electron chi connectivity index (χ2n) is 4.87. The molecule has 0 fully saturated rings. The molecule has 0 aromatic carbocycles. The molecule has 0 aromatic rings. The van der Waals surface area contributed by atoms with E-state index in [1.54, 1.807) is 7.11 Å². The molecule has 86 valence electrons. The van der Waals surface area contributed by atoms with Crippen LogP contribution in [0.15, 0.2) is 0 Å². The van der Waals surface area contributed by atoms with E-state index in [-0.39, 0.29) is 0 Å². The van der Waals surface area contributed by atoms with Gasteiger partial charge in [-0.2, -0.15) is 0 Å². The minimum Gasteiger partial charge on any atom is -0.385 e. The van der Waals surface area contributed by atoms with Gasteiger partial charge in [-0.25, -0.2) is 0 Å². The minimum absolute atomic E-state index is 0.363. The highest BCUT2D eigenvalue weighted by molar-refractivity contribution is 4.85. The summed E-state index contributed by atoms with van der Waals surface area (Å²) >= 11 is 0. The first kappa shape index (κ1) is 13.9. The van der Waals surface area contributed by atoms with Crippen molar-refractivity contribution in [1.82, 2.24) is 5.32 Å². The second-order valence-corrected chi connectivity index (χ2v) is 4.87. The fraction of sp³-hybridized carbons (Fsp3) is 1.00. The third-order valence-electron chi connectivity index (χ3n) is 3.41. The summed E-state index contributed by atoms with van der Waals surface area (Å²) in [5.41, 5.74) is 0.363. The van der Waals surface area contributed by atoms with Crippen LogP contribution in [0.25, 0.3) is 0 Å². The lowest BCUT2D eigenvalue weighted by atomic mass is 9.75. The summed E-state index contributed by atoms with van der Waals surface area (Å²) < 4.78 is 5.13. The average Bonchev–Trinajstić information content (AvgIpc) is 2.15. The minimum atomic E-state index is 0.363. The van der Waals surface area contributed by atoms with E-state index in [4.69, 9.17) is 4.74 Å². The summed E-state index contributed by atoms with van der Waals surface area (Å²) in [4.78, 5) is 0. The Balaban J connectivity index is 4.24. The number of nitrogens with one attached hydrogen (secondary N) is 1. The van der Waals surface area contributed by atoms with Crippen LogP contribution in [0.1, 0.15) is 40.5 Å². The second kappa shape index (κ2) is 6.41. The van der Waals surface area contributed by atoms with Crippen molar-refractivity contribution in [1.29, 1.82) is 0 Å². The molecule has 0 amide bonds. The first-order valence-electron chi connectivity index (χ1n) is 5.65. The molecule has 0 radical (unpaired) electrons. The van der Waals surface area contributed by atoms with E-state index < -0.39 is 0 Å². The number of methoxy groups -OCH3 is 1. The van der Waals surface area contributed by atoms with Gasteiger partial charge in [0.05, 0.1) is 0 Å². The predicted octanol–water partition coefficient (Wildman–Crippen LogP) is 2.68. The highest BCUT2D eigenvalue weighted by atomic mass is 16.5. The Labute approximate surface area is 89.4 Å². The van der Waals surface area contributed by atoms with Gasteiger partial charge >= 0.3 is 0 Å². The van der Waals surface area contributed by atoms with Crippen LogP contribution in [-0.2, 0) is 4.74 Å². The first-order valence-corrected chi connectivity index (χ1v) is 5.65. The first-order chi connectivity index (χ1) is 6.49. The summed E-state index contributed by atoms with van der Waals surface area (Å²) in [5, 5.41) is 3.45. The Bertz CT molecular complexity index is 145. The van der Waals surface area contributed by atoms with Crippen LogP contribution < -0.4 is 5.32 Å². The number of rotatable bonds is 7. The van der Waals surface area contributed by atoms with Crippen molar-refractivity contribution in [3.8, 4) is 0 Å². The molecule has 14 heavy (non-hydrogen) atoms. The predicted molar refractivity (Wildman–Crippen MR) is 62.6 cm³/mol. The van der Waals surface area contributed by atoms with E-state index in [2.05, 4.69) is 40.1 Å². The van der Waals surface area contributed by atoms with Gasteiger partial charge in [-0.1, -0.05) is 27.7 Å². The molecule has 0 bridgehead atoms. The van der Waals surface area contributed by atoms with Gasteiger partial charge in [0.1, 0.15) is 0 Å². The molecule has 0 aliphatic heterocycles. The van der Waals surface area contributed by atoms with Crippen molar-refractivity contribution in [3.05, 3.63) is 0 Å². The van der Waals surface area contributed by atoms with Crippen LogP contribution in [0, 0.1) is 11.3 Å². The van der Waals surface area contributed by atoms with Crippen molar-refractivity contribution in [3.63, 3.8) is 0 Å². The molecule has 0 heterocycles. The summed E-state index contributed by atoms with van der Waals surface area (Å²) in [6, 6.07) is 0.572. The zero-order valence-corrected chi connectivity index (χ0v) is 10.7. The van der Waals surface area contributed by atoms with Gasteiger partial charge in [-0.15, -0.1) is 0 Å². The van der Waals surface area contributed by atoms with E-state index in [1.165, 1.54) is 6.42 Å². The van der Waals surface area contributed by atoms with Crippen LogP contribution in [-0.4, -0.2) is 26.8 Å². The van der Waals surface area contributed by atoms with E-state index in [9.17, 15) is 0 Å². The maximum absolute atomic E-state index is 5.13. The summed E-state index contributed by atoms with van der Waals surface area (Å²) in [7, 11) is 3.83. The van der Waals surface area contributed by atoms with Gasteiger partial charge in [0.25, 0.3) is 0 Å². The van der Waals surface area contributed by atoms with Gasteiger partial charge in [-0.3, -0.25) is 0 Å². The van der Waals surface area contributed by atoms with Crippen LogP contribution in [0.5, 0.6) is 0 Å². The molecule has 2 heteroatoms. The summed E-state index contributed by atoms with van der Waals surface area (Å²) in [5.74, 6) is 0.662. The maximum Gasteiger partial charge on any atom is 0.0465 e. The van der Waals surface area contributed by atoms with E-state index >= 15 is 0 Å². The normalized spacial score (nSPS) is 16.7. The average molecular weight is 201 g/mol. The van der Waals surface area contributed by atoms with E-state index in [1.807, 2.05) is 0 Å². The molecular weight excluding hydrogens is 174 g/mol. The van der Waals surface area contributed by atoms with Crippen molar-refractivity contribution in [2.75, 3.05) is 20.8 Å². The Morgan fingerprint density at radius 2 is 1.93 bits per heavy atom. The molecule has 0 saturated heterocycles. The lowest BCUT2D eigenvalue weighted by Gasteiger charge is -2.37. The molecule has 2 unspecified atom stereocenters. The fourth-order valence-electron chi connectivity index (χ4n) is 2.14. The van der Waals surface area contributed by atoms with Crippen LogP contribution >= 0.6 is 0 Å². The highest BCUT2D eigenvalue weighted by Crippen LogP contribution is 2.30. The summed E-state index contributed by atoms with van der Waals surface area (Å²) in [6.07, 6.45) is 2.33. The molecule has 0 aliphatic carbocycles. The molecule has 0 saturated carbocycles. The topological polar surface area (TPSA) is 21.3 Å². The van der Waals surface area contributed by atoms with E-state index in [0.29, 0.717) is 17.4 Å². The summed E-state index contributed by atoms with van der Waals surface area (Å²) in [6.45, 7) is 10.1. The van der Waals surface area contributed by atoms with Gasteiger partial charge in [0.15, 0.2) is 0 Å². The molecule has 2 atom stereocenters.